The summed E-state index contributed by atoms with van der Waals surface area (Å²) in [6, 6.07) is 7.02. The highest BCUT2D eigenvalue weighted by molar-refractivity contribution is 9.09. The number of hydrogen-bond acceptors (Lipinski definition) is 0. The van der Waals surface area contributed by atoms with E-state index in [9.17, 15) is 0 Å². The van der Waals surface area contributed by atoms with Gasteiger partial charge in [0.05, 0.1) is 0 Å². The maximum atomic E-state index is 4.17. The van der Waals surface area contributed by atoms with Gasteiger partial charge in [-0.25, -0.2) is 0 Å². The standard InChI is InChI=1S/C20H27Br/c1-13-4-5-17(14(2)6-13)18(21)20-10-15-7-16(11-20)9-19(3,8-15)12-20/h4-6,15-16,18H,7-12H2,1-3H3. The fourth-order valence-corrected chi connectivity index (χ4v) is 7.58. The molecule has 0 radical (unpaired) electrons. The van der Waals surface area contributed by atoms with Crippen molar-refractivity contribution in [2.24, 2.45) is 22.7 Å². The minimum atomic E-state index is 0.527. The molecule has 1 aromatic carbocycles. The zero-order chi connectivity index (χ0) is 14.8. The molecule has 0 spiro atoms. The first-order chi connectivity index (χ1) is 9.89. The average molecular weight is 347 g/mol. The summed E-state index contributed by atoms with van der Waals surface area (Å²) in [5.41, 5.74) is 5.56. The van der Waals surface area contributed by atoms with Gasteiger partial charge in [-0.2, -0.15) is 0 Å². The van der Waals surface area contributed by atoms with Gasteiger partial charge in [0.15, 0.2) is 0 Å². The molecule has 0 amide bonds. The van der Waals surface area contributed by atoms with Crippen molar-refractivity contribution in [1.29, 1.82) is 0 Å². The highest BCUT2D eigenvalue weighted by atomic mass is 79.9. The first kappa shape index (κ1) is 14.3. The summed E-state index contributed by atoms with van der Waals surface area (Å²) in [6.45, 7) is 7.06. The Morgan fingerprint density at radius 3 is 2.33 bits per heavy atom. The molecule has 21 heavy (non-hydrogen) atoms. The summed E-state index contributed by atoms with van der Waals surface area (Å²) in [5.74, 6) is 2.00. The van der Waals surface area contributed by atoms with Gasteiger partial charge in [0, 0.05) is 4.83 Å². The average Bonchev–Trinajstić information content (AvgIpc) is 2.35. The summed E-state index contributed by atoms with van der Waals surface area (Å²) in [7, 11) is 0. The van der Waals surface area contributed by atoms with Gasteiger partial charge in [0.1, 0.15) is 0 Å². The SMILES string of the molecule is Cc1ccc(C(Br)C23CC4CC(CC(C)(C4)C2)C3)c(C)c1. The van der Waals surface area contributed by atoms with E-state index in [4.69, 9.17) is 0 Å². The predicted octanol–water partition coefficient (Wildman–Crippen LogP) is 6.35. The summed E-state index contributed by atoms with van der Waals surface area (Å²) in [4.78, 5) is 0.552. The van der Waals surface area contributed by atoms with E-state index < -0.39 is 0 Å². The minimum absolute atomic E-state index is 0.527. The Morgan fingerprint density at radius 2 is 1.76 bits per heavy atom. The molecule has 0 N–H and O–H groups in total. The third-order valence-electron chi connectivity index (χ3n) is 6.63. The highest BCUT2D eigenvalue weighted by Crippen LogP contribution is 2.69. The van der Waals surface area contributed by atoms with Crippen molar-refractivity contribution in [1.82, 2.24) is 0 Å². The molecule has 3 unspecified atom stereocenters. The van der Waals surface area contributed by atoms with Gasteiger partial charge in [-0.05, 0) is 86.2 Å². The van der Waals surface area contributed by atoms with Crippen molar-refractivity contribution in [3.63, 3.8) is 0 Å². The Kier molecular flexibility index (Phi) is 3.13. The third-order valence-corrected chi connectivity index (χ3v) is 8.10. The molecule has 1 aromatic rings. The molecule has 0 aromatic heterocycles. The Bertz CT molecular complexity index is 559. The molecule has 1 heteroatoms. The number of aryl methyl sites for hydroxylation is 2. The first-order valence-electron chi connectivity index (χ1n) is 8.60. The van der Waals surface area contributed by atoms with Crippen LogP contribution in [-0.4, -0.2) is 0 Å². The van der Waals surface area contributed by atoms with Crippen LogP contribution in [0.2, 0.25) is 0 Å². The van der Waals surface area contributed by atoms with Gasteiger partial charge >= 0.3 is 0 Å². The van der Waals surface area contributed by atoms with E-state index in [0.717, 1.165) is 11.8 Å². The van der Waals surface area contributed by atoms with Crippen LogP contribution in [0.25, 0.3) is 0 Å². The monoisotopic (exact) mass is 346 g/mol. The van der Waals surface area contributed by atoms with Crippen LogP contribution in [0.1, 0.15) is 67.0 Å². The van der Waals surface area contributed by atoms with Crippen LogP contribution in [0, 0.1) is 36.5 Å². The smallest absolute Gasteiger partial charge is 0.0454 e. The minimum Gasteiger partial charge on any atom is -0.0833 e. The summed E-state index contributed by atoms with van der Waals surface area (Å²) in [6.07, 6.45) is 8.88. The molecule has 4 saturated carbocycles. The lowest BCUT2D eigenvalue weighted by Crippen LogP contribution is -2.52. The molecule has 4 bridgehead atoms. The lowest BCUT2D eigenvalue weighted by Gasteiger charge is -2.63. The van der Waals surface area contributed by atoms with Crippen molar-refractivity contribution < 1.29 is 0 Å². The van der Waals surface area contributed by atoms with Crippen molar-refractivity contribution in [3.8, 4) is 0 Å². The van der Waals surface area contributed by atoms with E-state index in [-0.39, 0.29) is 0 Å². The molecular formula is C20H27Br. The lowest BCUT2D eigenvalue weighted by atomic mass is 9.43. The third kappa shape index (κ3) is 2.22. The Hall–Kier alpha value is -0.300. The zero-order valence-electron chi connectivity index (χ0n) is 13.6. The van der Waals surface area contributed by atoms with E-state index in [0.29, 0.717) is 15.7 Å². The number of halogens is 1. The summed E-state index contributed by atoms with van der Waals surface area (Å²) >= 11 is 4.17. The molecule has 4 aliphatic rings. The van der Waals surface area contributed by atoms with Gasteiger partial charge < -0.3 is 0 Å². The second-order valence-electron chi connectivity index (χ2n) is 8.86. The van der Waals surface area contributed by atoms with E-state index in [1.807, 2.05) is 0 Å². The van der Waals surface area contributed by atoms with Crippen LogP contribution >= 0.6 is 15.9 Å². The summed E-state index contributed by atoms with van der Waals surface area (Å²) < 4.78 is 0. The van der Waals surface area contributed by atoms with E-state index in [1.165, 1.54) is 49.7 Å². The van der Waals surface area contributed by atoms with Crippen molar-refractivity contribution in [2.75, 3.05) is 0 Å². The normalized spacial score (nSPS) is 42.3. The molecular weight excluding hydrogens is 320 g/mol. The second-order valence-corrected chi connectivity index (χ2v) is 9.77. The second kappa shape index (κ2) is 4.60. The molecule has 5 rings (SSSR count). The first-order valence-corrected chi connectivity index (χ1v) is 9.52. The number of hydrogen-bond donors (Lipinski definition) is 0. The molecule has 114 valence electrons. The maximum absolute atomic E-state index is 4.17. The summed E-state index contributed by atoms with van der Waals surface area (Å²) in [5, 5.41) is 0. The molecule has 0 heterocycles. The molecule has 0 nitrogen and oxygen atoms in total. The quantitative estimate of drug-likeness (QED) is 0.547. The lowest BCUT2D eigenvalue weighted by molar-refractivity contribution is -0.102. The van der Waals surface area contributed by atoms with E-state index in [2.05, 4.69) is 54.9 Å². The molecule has 0 saturated heterocycles. The van der Waals surface area contributed by atoms with Crippen LogP contribution in [0.4, 0.5) is 0 Å². The largest absolute Gasteiger partial charge is 0.0833 e. The number of rotatable bonds is 2. The zero-order valence-corrected chi connectivity index (χ0v) is 15.2. The van der Waals surface area contributed by atoms with Gasteiger partial charge in [0.25, 0.3) is 0 Å². The van der Waals surface area contributed by atoms with Gasteiger partial charge in [0.2, 0.25) is 0 Å². The van der Waals surface area contributed by atoms with Crippen LogP contribution < -0.4 is 0 Å². The topological polar surface area (TPSA) is 0 Å². The number of benzene rings is 1. The maximum Gasteiger partial charge on any atom is 0.0454 e. The van der Waals surface area contributed by atoms with Crippen LogP contribution in [0.15, 0.2) is 18.2 Å². The van der Waals surface area contributed by atoms with Crippen LogP contribution in [0.3, 0.4) is 0 Å². The highest BCUT2D eigenvalue weighted by Gasteiger charge is 2.58. The fourth-order valence-electron chi connectivity index (χ4n) is 6.53. The van der Waals surface area contributed by atoms with Crippen molar-refractivity contribution in [3.05, 3.63) is 34.9 Å². The number of alkyl halides is 1. The Morgan fingerprint density at radius 1 is 1.10 bits per heavy atom. The van der Waals surface area contributed by atoms with Crippen LogP contribution in [0.5, 0.6) is 0 Å². The Balaban J connectivity index is 1.72. The van der Waals surface area contributed by atoms with Crippen molar-refractivity contribution >= 4 is 15.9 Å². The fraction of sp³-hybridized carbons (Fsp3) is 0.700. The van der Waals surface area contributed by atoms with Crippen LogP contribution in [-0.2, 0) is 0 Å². The van der Waals surface area contributed by atoms with Gasteiger partial charge in [-0.15, -0.1) is 0 Å². The van der Waals surface area contributed by atoms with E-state index >= 15 is 0 Å². The molecule has 4 fully saturated rings. The molecule has 4 aliphatic carbocycles. The predicted molar refractivity (Wildman–Crippen MR) is 92.8 cm³/mol. The van der Waals surface area contributed by atoms with E-state index in [1.54, 1.807) is 5.56 Å². The Labute approximate surface area is 137 Å². The van der Waals surface area contributed by atoms with Crippen molar-refractivity contribution in [2.45, 2.75) is 64.1 Å². The van der Waals surface area contributed by atoms with Gasteiger partial charge in [-0.1, -0.05) is 46.6 Å². The molecule has 0 aliphatic heterocycles. The molecule has 3 atom stereocenters. The van der Waals surface area contributed by atoms with Gasteiger partial charge in [-0.3, -0.25) is 0 Å².